The molecule has 2 aliphatic rings. The zero-order valence-corrected chi connectivity index (χ0v) is 15.9. The smallest absolute Gasteiger partial charge is 0.270 e. The van der Waals surface area contributed by atoms with Crippen LogP contribution in [0.3, 0.4) is 0 Å². The highest BCUT2D eigenvalue weighted by Crippen LogP contribution is 2.30. The first-order valence-electron chi connectivity index (χ1n) is 9.25. The Hall–Kier alpha value is -2.16. The maximum atomic E-state index is 13.0. The van der Waals surface area contributed by atoms with Crippen LogP contribution in [0.2, 0.25) is 0 Å². The summed E-state index contributed by atoms with van der Waals surface area (Å²) < 4.78 is 27.5. The molecular formula is C19H24N4O3S. The number of aromatic amines is 1. The number of hydrogen-bond acceptors (Lipinski definition) is 4. The first-order chi connectivity index (χ1) is 13.0. The molecule has 2 atom stereocenters. The van der Waals surface area contributed by atoms with Gasteiger partial charge in [0.15, 0.2) is 0 Å². The normalized spacial score (nSPS) is 23.8. The largest absolute Gasteiger partial charge is 0.356 e. The number of carbonyl (C=O) groups is 1. The Morgan fingerprint density at radius 2 is 1.81 bits per heavy atom. The highest BCUT2D eigenvalue weighted by atomic mass is 32.2. The van der Waals surface area contributed by atoms with E-state index < -0.39 is 10.0 Å². The molecule has 0 unspecified atom stereocenters. The Kier molecular flexibility index (Phi) is 4.79. The molecule has 2 aliphatic heterocycles. The number of likely N-dealkylation sites (tertiary alicyclic amines) is 1. The summed E-state index contributed by atoms with van der Waals surface area (Å²) in [4.78, 5) is 17.2. The van der Waals surface area contributed by atoms with Crippen molar-refractivity contribution in [3.63, 3.8) is 0 Å². The highest BCUT2D eigenvalue weighted by molar-refractivity contribution is 7.89. The third kappa shape index (κ3) is 3.40. The number of H-pyrrole nitrogens is 1. The predicted octanol–water partition coefficient (Wildman–Crippen LogP) is 1.37. The molecule has 3 N–H and O–H groups in total. The summed E-state index contributed by atoms with van der Waals surface area (Å²) in [6.07, 6.45) is 3.38. The lowest BCUT2D eigenvalue weighted by Crippen LogP contribution is -2.32. The van der Waals surface area contributed by atoms with Gasteiger partial charge in [0, 0.05) is 44.3 Å². The van der Waals surface area contributed by atoms with Crippen molar-refractivity contribution in [2.75, 3.05) is 26.2 Å². The number of hydrogen-bond donors (Lipinski definition) is 2. The maximum absolute atomic E-state index is 13.0. The van der Waals surface area contributed by atoms with E-state index in [2.05, 4.69) is 4.98 Å². The van der Waals surface area contributed by atoms with Gasteiger partial charge in [0.2, 0.25) is 10.0 Å². The monoisotopic (exact) mass is 388 g/mol. The summed E-state index contributed by atoms with van der Waals surface area (Å²) in [5.41, 5.74) is 7.60. The number of benzene rings is 1. The summed E-state index contributed by atoms with van der Waals surface area (Å²) in [7, 11) is -3.70. The molecule has 2 aromatic rings. The lowest BCUT2D eigenvalue weighted by molar-refractivity contribution is 0.0787. The average Bonchev–Trinajstić information content (AvgIpc) is 3.42. The van der Waals surface area contributed by atoms with E-state index in [4.69, 9.17) is 5.73 Å². The first-order valence-corrected chi connectivity index (χ1v) is 10.7. The van der Waals surface area contributed by atoms with Crippen molar-refractivity contribution in [3.8, 4) is 0 Å². The Bertz CT molecular complexity index is 919. The second kappa shape index (κ2) is 7.10. The van der Waals surface area contributed by atoms with E-state index in [0.717, 1.165) is 31.5 Å². The van der Waals surface area contributed by atoms with Crippen LogP contribution in [-0.2, 0) is 10.0 Å². The second-order valence-electron chi connectivity index (χ2n) is 7.25. The van der Waals surface area contributed by atoms with Gasteiger partial charge in [-0.2, -0.15) is 4.31 Å². The molecule has 144 valence electrons. The molecule has 1 aromatic carbocycles. The van der Waals surface area contributed by atoms with Crippen molar-refractivity contribution in [1.29, 1.82) is 0 Å². The van der Waals surface area contributed by atoms with Crippen LogP contribution in [0.15, 0.2) is 47.5 Å². The lowest BCUT2D eigenvalue weighted by atomic mass is 9.95. The molecule has 1 amide bonds. The van der Waals surface area contributed by atoms with Gasteiger partial charge in [0.05, 0.1) is 0 Å². The third-order valence-electron chi connectivity index (χ3n) is 5.48. The van der Waals surface area contributed by atoms with Gasteiger partial charge < -0.3 is 15.6 Å². The van der Waals surface area contributed by atoms with Crippen LogP contribution in [0.25, 0.3) is 0 Å². The van der Waals surface area contributed by atoms with E-state index in [9.17, 15) is 13.2 Å². The van der Waals surface area contributed by atoms with Gasteiger partial charge in [-0.3, -0.25) is 4.79 Å². The van der Waals surface area contributed by atoms with Crippen molar-refractivity contribution >= 4 is 15.9 Å². The number of rotatable bonds is 4. The molecule has 0 bridgehead atoms. The Balaban J connectivity index is 1.53. The predicted molar refractivity (Wildman–Crippen MR) is 102 cm³/mol. The van der Waals surface area contributed by atoms with Gasteiger partial charge in [0.1, 0.15) is 10.6 Å². The SMILES string of the molecule is N[C@@H]1CN(S(=O)(=O)c2c[nH]c(C(=O)N3CCCC3)c2)C[C@H]1c1ccccc1. The molecule has 2 fully saturated rings. The van der Waals surface area contributed by atoms with E-state index in [1.807, 2.05) is 30.3 Å². The van der Waals surface area contributed by atoms with Crippen molar-refractivity contribution in [2.45, 2.75) is 29.7 Å². The molecule has 7 nitrogen and oxygen atoms in total. The standard InChI is InChI=1S/C19H24N4O3S/c20-17-13-23(12-16(17)14-6-2-1-3-7-14)27(25,26)15-10-18(21-11-15)19(24)22-8-4-5-9-22/h1-3,6-7,10-11,16-17,21H,4-5,8-9,12-13,20H2/t16-,17+/m0/s1. The van der Waals surface area contributed by atoms with Crippen molar-refractivity contribution in [2.24, 2.45) is 5.73 Å². The zero-order chi connectivity index (χ0) is 19.0. The topological polar surface area (TPSA) is 99.5 Å². The summed E-state index contributed by atoms with van der Waals surface area (Å²) in [5, 5.41) is 0. The minimum Gasteiger partial charge on any atom is -0.356 e. The Morgan fingerprint density at radius 3 is 2.52 bits per heavy atom. The van der Waals surface area contributed by atoms with Crippen LogP contribution in [0.5, 0.6) is 0 Å². The molecular weight excluding hydrogens is 364 g/mol. The van der Waals surface area contributed by atoms with Gasteiger partial charge in [-0.1, -0.05) is 30.3 Å². The minimum atomic E-state index is -3.70. The number of amides is 1. The van der Waals surface area contributed by atoms with Crippen LogP contribution >= 0.6 is 0 Å². The summed E-state index contributed by atoms with van der Waals surface area (Å²) in [6.45, 7) is 2.05. The van der Waals surface area contributed by atoms with Crippen LogP contribution in [0.1, 0.15) is 34.8 Å². The fraction of sp³-hybridized carbons (Fsp3) is 0.421. The van der Waals surface area contributed by atoms with E-state index in [-0.39, 0.29) is 29.3 Å². The highest BCUT2D eigenvalue weighted by Gasteiger charge is 2.39. The van der Waals surface area contributed by atoms with E-state index in [1.54, 1.807) is 4.90 Å². The van der Waals surface area contributed by atoms with E-state index in [1.165, 1.54) is 16.6 Å². The Labute approximate surface area is 159 Å². The summed E-state index contributed by atoms with van der Waals surface area (Å²) >= 11 is 0. The number of nitrogens with zero attached hydrogens (tertiary/aromatic N) is 2. The number of sulfonamides is 1. The summed E-state index contributed by atoms with van der Waals surface area (Å²) in [6, 6.07) is 10.9. The van der Waals surface area contributed by atoms with E-state index >= 15 is 0 Å². The molecule has 2 saturated heterocycles. The number of aromatic nitrogens is 1. The summed E-state index contributed by atoms with van der Waals surface area (Å²) in [5.74, 6) is -0.181. The lowest BCUT2D eigenvalue weighted by Gasteiger charge is -2.16. The van der Waals surface area contributed by atoms with Gasteiger partial charge in [0.25, 0.3) is 5.91 Å². The van der Waals surface area contributed by atoms with Gasteiger partial charge in [-0.25, -0.2) is 8.42 Å². The molecule has 8 heteroatoms. The van der Waals surface area contributed by atoms with E-state index in [0.29, 0.717) is 12.2 Å². The molecule has 0 aliphatic carbocycles. The number of nitrogens with two attached hydrogens (primary N) is 1. The van der Waals surface area contributed by atoms with Crippen LogP contribution in [-0.4, -0.2) is 60.7 Å². The third-order valence-corrected chi connectivity index (χ3v) is 7.29. The molecule has 27 heavy (non-hydrogen) atoms. The maximum Gasteiger partial charge on any atom is 0.270 e. The minimum absolute atomic E-state index is 0.0365. The zero-order valence-electron chi connectivity index (χ0n) is 15.0. The molecule has 4 rings (SSSR count). The second-order valence-corrected chi connectivity index (χ2v) is 9.19. The van der Waals surface area contributed by atoms with Crippen molar-refractivity contribution < 1.29 is 13.2 Å². The fourth-order valence-electron chi connectivity index (χ4n) is 3.93. The van der Waals surface area contributed by atoms with Crippen LogP contribution in [0, 0.1) is 0 Å². The van der Waals surface area contributed by atoms with Gasteiger partial charge in [-0.05, 0) is 24.5 Å². The molecule has 0 spiro atoms. The molecule has 0 radical (unpaired) electrons. The first kappa shape index (κ1) is 18.2. The van der Waals surface area contributed by atoms with Crippen molar-refractivity contribution in [1.82, 2.24) is 14.2 Å². The molecule has 0 saturated carbocycles. The Morgan fingerprint density at radius 1 is 1.11 bits per heavy atom. The number of nitrogens with one attached hydrogen (secondary N) is 1. The fourth-order valence-corrected chi connectivity index (χ4v) is 5.43. The average molecular weight is 388 g/mol. The van der Waals surface area contributed by atoms with Crippen LogP contribution < -0.4 is 5.73 Å². The molecule has 1 aromatic heterocycles. The number of carbonyl (C=O) groups excluding carboxylic acids is 1. The van der Waals surface area contributed by atoms with Crippen molar-refractivity contribution in [3.05, 3.63) is 53.9 Å². The van der Waals surface area contributed by atoms with Gasteiger partial charge >= 0.3 is 0 Å². The van der Waals surface area contributed by atoms with Gasteiger partial charge in [-0.15, -0.1) is 0 Å². The quantitative estimate of drug-likeness (QED) is 0.826. The molecule has 3 heterocycles. The van der Waals surface area contributed by atoms with Crippen LogP contribution in [0.4, 0.5) is 0 Å².